The van der Waals surface area contributed by atoms with Gasteiger partial charge in [0.2, 0.25) is 0 Å². The summed E-state index contributed by atoms with van der Waals surface area (Å²) in [5, 5.41) is 3.68. The van der Waals surface area contributed by atoms with Crippen LogP contribution < -0.4 is 5.32 Å². The maximum atomic E-state index is 13.7. The molecule has 104 valence electrons. The van der Waals surface area contributed by atoms with Gasteiger partial charge < -0.3 is 0 Å². The Hall–Kier alpha value is -1.00. The summed E-state index contributed by atoms with van der Waals surface area (Å²) >= 11 is 0. The van der Waals surface area contributed by atoms with Crippen LogP contribution in [0.1, 0.15) is 44.8 Å². The average molecular weight is 263 g/mol. The minimum absolute atomic E-state index is 0.175. The van der Waals surface area contributed by atoms with E-state index in [0.717, 1.165) is 6.42 Å². The topological polar surface area (TPSA) is 28.2 Å². The zero-order valence-corrected chi connectivity index (χ0v) is 11.6. The molecule has 1 aromatic heterocycles. The number of halogens is 1. The zero-order valence-electron chi connectivity index (χ0n) is 11.6. The molecular weight excluding hydrogens is 241 g/mol. The van der Waals surface area contributed by atoms with E-state index in [9.17, 15) is 4.39 Å². The van der Waals surface area contributed by atoms with E-state index in [2.05, 4.69) is 35.1 Å². The number of aromatic nitrogens is 1. The quantitative estimate of drug-likeness (QED) is 0.889. The Morgan fingerprint density at radius 3 is 2.95 bits per heavy atom. The lowest BCUT2D eigenvalue weighted by Gasteiger charge is -2.36. The number of fused-ring (bicyclic) bond motifs is 1. The van der Waals surface area contributed by atoms with E-state index in [0.29, 0.717) is 31.0 Å². The van der Waals surface area contributed by atoms with E-state index in [-0.39, 0.29) is 6.17 Å². The predicted molar refractivity (Wildman–Crippen MR) is 73.4 cm³/mol. The van der Waals surface area contributed by atoms with Gasteiger partial charge in [-0.25, -0.2) is 4.39 Å². The molecule has 1 saturated heterocycles. The molecule has 2 aliphatic rings. The molecule has 4 unspecified atom stereocenters. The van der Waals surface area contributed by atoms with E-state index in [1.165, 1.54) is 5.56 Å². The number of hydrogen-bond acceptors (Lipinski definition) is 3. The first kappa shape index (κ1) is 13.0. The van der Waals surface area contributed by atoms with Crippen LogP contribution in [0.4, 0.5) is 4.39 Å². The molecule has 19 heavy (non-hydrogen) atoms. The first-order valence-corrected chi connectivity index (χ1v) is 7.24. The van der Waals surface area contributed by atoms with Crippen molar-refractivity contribution in [1.29, 1.82) is 0 Å². The lowest BCUT2D eigenvalue weighted by atomic mass is 9.89. The van der Waals surface area contributed by atoms with Crippen molar-refractivity contribution < 1.29 is 4.39 Å². The van der Waals surface area contributed by atoms with Crippen molar-refractivity contribution >= 4 is 0 Å². The lowest BCUT2D eigenvalue weighted by Crippen LogP contribution is -2.44. The normalized spacial score (nSPS) is 35.6. The number of nitrogens with zero attached hydrogens (tertiary/aromatic N) is 2. The van der Waals surface area contributed by atoms with Crippen LogP contribution in [0.2, 0.25) is 0 Å². The van der Waals surface area contributed by atoms with Crippen LogP contribution in [-0.2, 0) is 0 Å². The lowest BCUT2D eigenvalue weighted by molar-refractivity contribution is 0.0949. The molecule has 0 amide bonds. The highest BCUT2D eigenvalue weighted by Crippen LogP contribution is 2.38. The Morgan fingerprint density at radius 1 is 1.42 bits per heavy atom. The Bertz CT molecular complexity index is 423. The van der Waals surface area contributed by atoms with Crippen LogP contribution in [0.25, 0.3) is 0 Å². The van der Waals surface area contributed by atoms with Crippen molar-refractivity contribution in [1.82, 2.24) is 15.2 Å². The molecule has 1 aromatic rings. The first-order valence-electron chi connectivity index (χ1n) is 7.24. The third-order valence-electron chi connectivity index (χ3n) is 4.40. The monoisotopic (exact) mass is 263 g/mol. The molecular formula is C15H22FN3. The SMILES string of the molecule is CC(C)N1C(c2cccnc2)NC2CCC(F)CC21. The molecule has 1 saturated carbocycles. The summed E-state index contributed by atoms with van der Waals surface area (Å²) in [6.45, 7) is 4.38. The van der Waals surface area contributed by atoms with Crippen LogP contribution in [0.15, 0.2) is 24.5 Å². The fourth-order valence-corrected chi connectivity index (χ4v) is 3.59. The van der Waals surface area contributed by atoms with Crippen molar-refractivity contribution in [2.75, 3.05) is 0 Å². The molecule has 1 aliphatic heterocycles. The van der Waals surface area contributed by atoms with Gasteiger partial charge in [0, 0.05) is 36.1 Å². The number of alkyl halides is 1. The van der Waals surface area contributed by atoms with Gasteiger partial charge in [-0.15, -0.1) is 0 Å². The van der Waals surface area contributed by atoms with Crippen LogP contribution in [-0.4, -0.2) is 34.2 Å². The van der Waals surface area contributed by atoms with Crippen molar-refractivity contribution in [2.45, 2.75) is 63.6 Å². The van der Waals surface area contributed by atoms with E-state index in [1.54, 1.807) is 6.20 Å². The third kappa shape index (κ3) is 2.39. The minimum Gasteiger partial charge on any atom is -0.294 e. The van der Waals surface area contributed by atoms with Gasteiger partial charge in [0.15, 0.2) is 0 Å². The molecule has 0 bridgehead atoms. The summed E-state index contributed by atoms with van der Waals surface area (Å²) in [7, 11) is 0. The predicted octanol–water partition coefficient (Wildman–Crippen LogP) is 2.65. The molecule has 4 atom stereocenters. The van der Waals surface area contributed by atoms with E-state index < -0.39 is 6.17 Å². The Kier molecular flexibility index (Phi) is 3.54. The van der Waals surface area contributed by atoms with Gasteiger partial charge in [-0.05, 0) is 39.2 Å². The average Bonchev–Trinajstić information content (AvgIpc) is 2.78. The van der Waals surface area contributed by atoms with Crippen LogP contribution in [0.3, 0.4) is 0 Å². The summed E-state index contributed by atoms with van der Waals surface area (Å²) in [6, 6.07) is 5.20. The molecule has 0 radical (unpaired) electrons. The van der Waals surface area contributed by atoms with Gasteiger partial charge in [0.05, 0.1) is 6.17 Å². The van der Waals surface area contributed by atoms with Crippen LogP contribution in [0.5, 0.6) is 0 Å². The van der Waals surface area contributed by atoms with Crippen LogP contribution >= 0.6 is 0 Å². The number of pyridine rings is 1. The summed E-state index contributed by atoms with van der Waals surface area (Å²) in [5.74, 6) is 0. The molecule has 3 rings (SSSR count). The summed E-state index contributed by atoms with van der Waals surface area (Å²) in [5.41, 5.74) is 1.18. The second kappa shape index (κ2) is 5.17. The van der Waals surface area contributed by atoms with E-state index in [4.69, 9.17) is 0 Å². The molecule has 1 N–H and O–H groups in total. The van der Waals surface area contributed by atoms with Crippen molar-refractivity contribution in [2.24, 2.45) is 0 Å². The maximum Gasteiger partial charge on any atom is 0.102 e. The van der Waals surface area contributed by atoms with Gasteiger partial charge >= 0.3 is 0 Å². The Balaban J connectivity index is 1.88. The van der Waals surface area contributed by atoms with Gasteiger partial charge in [0.25, 0.3) is 0 Å². The summed E-state index contributed by atoms with van der Waals surface area (Å²) < 4.78 is 13.7. The highest BCUT2D eigenvalue weighted by molar-refractivity contribution is 5.18. The van der Waals surface area contributed by atoms with E-state index in [1.807, 2.05) is 12.3 Å². The third-order valence-corrected chi connectivity index (χ3v) is 4.40. The summed E-state index contributed by atoms with van der Waals surface area (Å²) in [6.07, 6.45) is 5.53. The van der Waals surface area contributed by atoms with Gasteiger partial charge in [-0.3, -0.25) is 15.2 Å². The van der Waals surface area contributed by atoms with Crippen LogP contribution in [0, 0.1) is 0 Å². The largest absolute Gasteiger partial charge is 0.294 e. The first-order chi connectivity index (χ1) is 9.16. The molecule has 2 heterocycles. The van der Waals surface area contributed by atoms with Gasteiger partial charge in [-0.2, -0.15) is 0 Å². The molecule has 4 heteroatoms. The molecule has 2 fully saturated rings. The molecule has 0 spiro atoms. The minimum atomic E-state index is -0.642. The fraction of sp³-hybridized carbons (Fsp3) is 0.667. The maximum absolute atomic E-state index is 13.7. The van der Waals surface area contributed by atoms with Gasteiger partial charge in [-0.1, -0.05) is 6.07 Å². The van der Waals surface area contributed by atoms with Gasteiger partial charge in [0.1, 0.15) is 6.17 Å². The van der Waals surface area contributed by atoms with Crippen molar-refractivity contribution in [3.05, 3.63) is 30.1 Å². The number of nitrogens with one attached hydrogen (secondary N) is 1. The standard InChI is InChI=1S/C15H22FN3/c1-10(2)19-14-8-12(16)5-6-13(14)18-15(19)11-4-3-7-17-9-11/h3-4,7,9-10,12-15,18H,5-6,8H2,1-2H3. The smallest absolute Gasteiger partial charge is 0.102 e. The number of hydrogen-bond donors (Lipinski definition) is 1. The summed E-state index contributed by atoms with van der Waals surface area (Å²) in [4.78, 5) is 6.64. The number of rotatable bonds is 2. The Morgan fingerprint density at radius 2 is 2.26 bits per heavy atom. The second-order valence-electron chi connectivity index (χ2n) is 5.98. The fourth-order valence-electron chi connectivity index (χ4n) is 3.59. The highest BCUT2D eigenvalue weighted by atomic mass is 19.1. The second-order valence-corrected chi connectivity index (χ2v) is 5.98. The molecule has 0 aromatic carbocycles. The highest BCUT2D eigenvalue weighted by Gasteiger charge is 2.45. The zero-order chi connectivity index (χ0) is 13.4. The molecule has 3 nitrogen and oxygen atoms in total. The van der Waals surface area contributed by atoms with E-state index >= 15 is 0 Å². The van der Waals surface area contributed by atoms with Crippen molar-refractivity contribution in [3.63, 3.8) is 0 Å². The molecule has 1 aliphatic carbocycles. The van der Waals surface area contributed by atoms with Crippen molar-refractivity contribution in [3.8, 4) is 0 Å². The Labute approximate surface area is 114 Å².